The first kappa shape index (κ1) is 20.3. The highest BCUT2D eigenvalue weighted by Crippen LogP contribution is 2.23. The summed E-state index contributed by atoms with van der Waals surface area (Å²) in [4.78, 5) is 4.69. The van der Waals surface area contributed by atoms with Crippen LogP contribution in [-0.4, -0.2) is 11.8 Å². The Morgan fingerprint density at radius 3 is 2.36 bits per heavy atom. The van der Waals surface area contributed by atoms with E-state index in [1.54, 1.807) is 0 Å². The van der Waals surface area contributed by atoms with Crippen LogP contribution in [0.15, 0.2) is 77.8 Å². The van der Waals surface area contributed by atoms with Gasteiger partial charge in [0, 0.05) is 17.1 Å². The summed E-state index contributed by atoms with van der Waals surface area (Å²) in [6.07, 6.45) is 2.00. The molecule has 0 N–H and O–H groups in total. The van der Waals surface area contributed by atoms with Gasteiger partial charge in [-0.3, -0.25) is 4.99 Å². The lowest BCUT2D eigenvalue weighted by Gasteiger charge is -2.15. The zero-order chi connectivity index (χ0) is 20.0. The minimum atomic E-state index is -0.0798. The van der Waals surface area contributed by atoms with Crippen LogP contribution in [0.25, 0.3) is 0 Å². The highest BCUT2D eigenvalue weighted by atomic mass is 31.1. The van der Waals surface area contributed by atoms with Gasteiger partial charge in [0.05, 0.1) is 5.54 Å². The van der Waals surface area contributed by atoms with Crippen molar-refractivity contribution in [3.8, 4) is 5.75 Å². The summed E-state index contributed by atoms with van der Waals surface area (Å²) in [7, 11) is 0.515. The summed E-state index contributed by atoms with van der Waals surface area (Å²) < 4.78 is 6.18. The second-order valence-electron chi connectivity index (χ2n) is 7.92. The van der Waals surface area contributed by atoms with E-state index in [-0.39, 0.29) is 5.54 Å². The van der Waals surface area contributed by atoms with Crippen LogP contribution in [0, 0.1) is 6.92 Å². The summed E-state index contributed by atoms with van der Waals surface area (Å²) in [5, 5.41) is 2.51. The predicted molar refractivity (Wildman–Crippen MR) is 123 cm³/mol. The minimum Gasteiger partial charge on any atom is -0.488 e. The van der Waals surface area contributed by atoms with Gasteiger partial charge in [-0.2, -0.15) is 0 Å². The third-order valence-electron chi connectivity index (χ3n) is 4.19. The molecule has 0 saturated carbocycles. The lowest BCUT2D eigenvalue weighted by molar-refractivity contribution is 0.309. The monoisotopic (exact) mass is 389 g/mol. The molecule has 0 aromatic heterocycles. The quantitative estimate of drug-likeness (QED) is 0.407. The molecule has 0 aliphatic rings. The number of aliphatic imine (C=N–C) groups is 1. The highest BCUT2D eigenvalue weighted by Gasteiger charge is 2.10. The molecule has 0 radical (unpaired) electrons. The number of rotatable bonds is 6. The molecular weight excluding hydrogens is 361 g/mol. The van der Waals surface area contributed by atoms with Crippen molar-refractivity contribution in [1.29, 1.82) is 0 Å². The summed E-state index contributed by atoms with van der Waals surface area (Å²) in [6.45, 7) is 9.05. The van der Waals surface area contributed by atoms with E-state index in [2.05, 4.69) is 82.3 Å². The van der Waals surface area contributed by atoms with Gasteiger partial charge in [0.2, 0.25) is 0 Å². The van der Waals surface area contributed by atoms with Gasteiger partial charge in [0.15, 0.2) is 0 Å². The van der Waals surface area contributed by atoms with Crippen molar-refractivity contribution in [2.24, 2.45) is 4.99 Å². The van der Waals surface area contributed by atoms with Crippen molar-refractivity contribution in [1.82, 2.24) is 0 Å². The number of aryl methyl sites for hydroxylation is 1. The van der Waals surface area contributed by atoms with Crippen molar-refractivity contribution >= 4 is 25.4 Å². The molecule has 28 heavy (non-hydrogen) atoms. The van der Waals surface area contributed by atoms with E-state index in [1.807, 2.05) is 24.4 Å². The molecule has 0 bridgehead atoms. The average Bonchev–Trinajstić information content (AvgIpc) is 2.67. The van der Waals surface area contributed by atoms with Gasteiger partial charge in [0.1, 0.15) is 12.4 Å². The molecule has 3 heteroatoms. The van der Waals surface area contributed by atoms with E-state index in [0.717, 1.165) is 5.75 Å². The van der Waals surface area contributed by atoms with Gasteiger partial charge in [-0.25, -0.2) is 0 Å². The van der Waals surface area contributed by atoms with E-state index in [0.29, 0.717) is 15.2 Å². The molecule has 1 atom stereocenters. The van der Waals surface area contributed by atoms with Gasteiger partial charge in [0.25, 0.3) is 0 Å². The molecule has 3 aromatic carbocycles. The fraction of sp³-hybridized carbons (Fsp3) is 0.240. The van der Waals surface area contributed by atoms with Gasteiger partial charge in [-0.05, 0) is 50.7 Å². The zero-order valence-corrected chi connectivity index (χ0v) is 18.1. The number of hydrogen-bond donors (Lipinski definition) is 0. The third-order valence-corrected chi connectivity index (χ3v) is 5.58. The first-order chi connectivity index (χ1) is 13.4. The van der Waals surface area contributed by atoms with Crippen LogP contribution < -0.4 is 15.3 Å². The molecule has 0 amide bonds. The maximum atomic E-state index is 6.18. The fourth-order valence-corrected chi connectivity index (χ4v) is 4.07. The largest absolute Gasteiger partial charge is 0.488 e. The van der Waals surface area contributed by atoms with Crippen LogP contribution >= 0.6 is 8.58 Å². The Morgan fingerprint density at radius 2 is 1.61 bits per heavy atom. The second-order valence-corrected chi connectivity index (χ2v) is 9.24. The van der Waals surface area contributed by atoms with Crippen LogP contribution in [0.5, 0.6) is 5.75 Å². The summed E-state index contributed by atoms with van der Waals surface area (Å²) >= 11 is 0. The van der Waals surface area contributed by atoms with Crippen LogP contribution in [0.2, 0.25) is 0 Å². The zero-order valence-electron chi connectivity index (χ0n) is 17.1. The molecule has 0 fully saturated rings. The van der Waals surface area contributed by atoms with Gasteiger partial charge in [-0.1, -0.05) is 74.8 Å². The molecule has 0 aliphatic carbocycles. The first-order valence-electron chi connectivity index (χ1n) is 9.59. The average molecular weight is 389 g/mol. The fourth-order valence-electron chi connectivity index (χ4n) is 2.73. The number of benzene rings is 3. The predicted octanol–water partition coefficient (Wildman–Crippen LogP) is 5.42. The van der Waals surface area contributed by atoms with E-state index >= 15 is 0 Å². The Morgan fingerprint density at radius 1 is 0.893 bits per heavy atom. The second kappa shape index (κ2) is 9.17. The molecule has 1 unspecified atom stereocenters. The highest BCUT2D eigenvalue weighted by molar-refractivity contribution is 7.56. The molecule has 0 aliphatic heterocycles. The van der Waals surface area contributed by atoms with Gasteiger partial charge in [-0.15, -0.1) is 0 Å². The summed E-state index contributed by atoms with van der Waals surface area (Å²) in [5.41, 5.74) is 3.51. The van der Waals surface area contributed by atoms with Crippen molar-refractivity contribution in [3.05, 3.63) is 89.5 Å². The van der Waals surface area contributed by atoms with Crippen LogP contribution in [0.1, 0.15) is 37.5 Å². The van der Waals surface area contributed by atoms with Gasteiger partial charge >= 0.3 is 0 Å². The maximum absolute atomic E-state index is 6.18. The first-order valence-corrected chi connectivity index (χ1v) is 10.6. The Kier molecular flexibility index (Phi) is 6.65. The van der Waals surface area contributed by atoms with Crippen LogP contribution in [0.4, 0.5) is 0 Å². The SMILES string of the molecule is Cc1ccc(OCc2ccccc2)c(Pc2ccccc2/C=N/C(C)(C)C)c1. The Hall–Kier alpha value is -2.44. The number of ether oxygens (including phenoxy) is 1. The van der Waals surface area contributed by atoms with Gasteiger partial charge < -0.3 is 4.74 Å². The lowest BCUT2D eigenvalue weighted by atomic mass is 10.1. The Labute approximate surface area is 170 Å². The van der Waals surface area contributed by atoms with E-state index in [1.165, 1.54) is 27.3 Å². The number of nitrogens with zero attached hydrogens (tertiary/aromatic N) is 1. The molecule has 0 heterocycles. The third kappa shape index (κ3) is 6.04. The topological polar surface area (TPSA) is 21.6 Å². The molecule has 3 aromatic rings. The van der Waals surface area contributed by atoms with Crippen molar-refractivity contribution in [2.45, 2.75) is 39.8 Å². The van der Waals surface area contributed by atoms with E-state index < -0.39 is 0 Å². The molecule has 2 nitrogen and oxygen atoms in total. The van der Waals surface area contributed by atoms with Crippen molar-refractivity contribution in [3.63, 3.8) is 0 Å². The standard InChI is InChI=1S/C25H28NOP/c1-19-14-15-22(27-18-20-10-6-5-7-11-20)24(16-19)28-23-13-9-8-12-21(23)17-26-25(2,3)4/h5-17,28H,18H2,1-4H3/b26-17+. The van der Waals surface area contributed by atoms with E-state index in [9.17, 15) is 0 Å². The van der Waals surface area contributed by atoms with Crippen molar-refractivity contribution < 1.29 is 4.74 Å². The lowest BCUT2D eigenvalue weighted by Crippen LogP contribution is -2.14. The molecule has 0 saturated heterocycles. The smallest absolute Gasteiger partial charge is 0.127 e. The van der Waals surface area contributed by atoms with Crippen LogP contribution in [-0.2, 0) is 6.61 Å². The molecule has 144 valence electrons. The van der Waals surface area contributed by atoms with Crippen LogP contribution in [0.3, 0.4) is 0 Å². The normalized spacial score (nSPS) is 12.1. The number of hydrogen-bond acceptors (Lipinski definition) is 2. The molecular formula is C25H28NOP. The maximum Gasteiger partial charge on any atom is 0.127 e. The Bertz CT molecular complexity index is 942. The molecule has 3 rings (SSSR count). The summed E-state index contributed by atoms with van der Waals surface area (Å²) in [5.74, 6) is 0.954. The summed E-state index contributed by atoms with van der Waals surface area (Å²) in [6, 6.07) is 25.2. The Balaban J connectivity index is 1.84. The van der Waals surface area contributed by atoms with E-state index in [4.69, 9.17) is 9.73 Å². The molecule has 0 spiro atoms. The minimum absolute atomic E-state index is 0.0798. The van der Waals surface area contributed by atoms with Crippen molar-refractivity contribution in [2.75, 3.05) is 0 Å².